The van der Waals surface area contributed by atoms with Crippen molar-refractivity contribution < 1.29 is 13.9 Å². The topological polar surface area (TPSA) is 29.5 Å². The number of carbonyl (C=O) groups excluding carboxylic acids is 1. The maximum Gasteiger partial charge on any atom is 0.233 e. The lowest BCUT2D eigenvalue weighted by molar-refractivity contribution is -0.130. The maximum atomic E-state index is 13.0. The Balaban J connectivity index is 1.59. The Hall–Kier alpha value is -1.37. The van der Waals surface area contributed by atoms with Crippen molar-refractivity contribution in [3.8, 4) is 0 Å². The van der Waals surface area contributed by atoms with Crippen molar-refractivity contribution in [2.24, 2.45) is 0 Å². The van der Waals surface area contributed by atoms with Gasteiger partial charge in [-0.1, -0.05) is 6.07 Å². The van der Waals surface area contributed by atoms with Crippen LogP contribution in [0, 0.1) is 5.82 Å². The van der Waals surface area contributed by atoms with Gasteiger partial charge in [-0.25, -0.2) is 4.39 Å². The van der Waals surface area contributed by atoms with Crippen LogP contribution in [0.5, 0.6) is 0 Å². The Kier molecular flexibility index (Phi) is 6.29. The Labute approximate surface area is 149 Å². The Bertz CT molecular complexity index is 640. The second-order valence-corrected chi connectivity index (χ2v) is 7.81. The van der Waals surface area contributed by atoms with Crippen LogP contribution in [0.4, 0.5) is 4.39 Å². The van der Waals surface area contributed by atoms with E-state index in [-0.39, 0.29) is 17.8 Å². The highest BCUT2D eigenvalue weighted by Gasteiger charge is 2.23. The molecule has 3 nitrogen and oxygen atoms in total. The van der Waals surface area contributed by atoms with E-state index in [2.05, 4.69) is 0 Å². The van der Waals surface area contributed by atoms with Crippen LogP contribution in [0.25, 0.3) is 0 Å². The van der Waals surface area contributed by atoms with Crippen LogP contribution in [-0.2, 0) is 16.1 Å². The minimum atomic E-state index is -0.261. The quantitative estimate of drug-likeness (QED) is 0.689. The second kappa shape index (κ2) is 8.65. The van der Waals surface area contributed by atoms with Crippen LogP contribution in [-0.4, -0.2) is 35.8 Å². The molecule has 1 aliphatic rings. The molecule has 0 spiro atoms. The highest BCUT2D eigenvalue weighted by atomic mass is 32.2. The molecule has 1 saturated heterocycles. The van der Waals surface area contributed by atoms with Crippen LogP contribution in [0.1, 0.15) is 17.7 Å². The summed E-state index contributed by atoms with van der Waals surface area (Å²) < 4.78 is 18.6. The van der Waals surface area contributed by atoms with Crippen LogP contribution in [0.15, 0.2) is 46.7 Å². The molecule has 1 aromatic heterocycles. The van der Waals surface area contributed by atoms with Crippen molar-refractivity contribution >= 4 is 29.0 Å². The highest BCUT2D eigenvalue weighted by Crippen LogP contribution is 2.21. The first-order chi connectivity index (χ1) is 11.7. The summed E-state index contributed by atoms with van der Waals surface area (Å²) in [4.78, 5) is 16.6. The molecule has 1 fully saturated rings. The Morgan fingerprint density at radius 2 is 2.17 bits per heavy atom. The van der Waals surface area contributed by atoms with Gasteiger partial charge in [-0.15, -0.1) is 23.1 Å². The third kappa shape index (κ3) is 5.06. The van der Waals surface area contributed by atoms with Gasteiger partial charge in [-0.05, 0) is 48.6 Å². The number of hydrogen-bond acceptors (Lipinski definition) is 4. The van der Waals surface area contributed by atoms with Crippen molar-refractivity contribution in [1.82, 2.24) is 4.90 Å². The van der Waals surface area contributed by atoms with E-state index in [0.29, 0.717) is 18.8 Å². The van der Waals surface area contributed by atoms with E-state index in [4.69, 9.17) is 4.74 Å². The van der Waals surface area contributed by atoms with Gasteiger partial charge in [0.2, 0.25) is 5.91 Å². The van der Waals surface area contributed by atoms with Crippen LogP contribution in [0.3, 0.4) is 0 Å². The summed E-state index contributed by atoms with van der Waals surface area (Å²) in [5, 5.41) is 2.03. The number of thiophene rings is 1. The first kappa shape index (κ1) is 17.5. The molecule has 2 aromatic rings. The summed E-state index contributed by atoms with van der Waals surface area (Å²) in [5.41, 5.74) is 0. The summed E-state index contributed by atoms with van der Waals surface area (Å²) in [6.07, 6.45) is 2.22. The second-order valence-electron chi connectivity index (χ2n) is 5.73. The summed E-state index contributed by atoms with van der Waals surface area (Å²) in [6, 6.07) is 10.3. The minimum absolute atomic E-state index is 0.0909. The van der Waals surface area contributed by atoms with E-state index in [1.165, 1.54) is 28.8 Å². The normalized spacial score (nSPS) is 17.1. The summed E-state index contributed by atoms with van der Waals surface area (Å²) in [5.74, 6) is 0.181. The number of amides is 1. The van der Waals surface area contributed by atoms with Gasteiger partial charge >= 0.3 is 0 Å². The fraction of sp³-hybridized carbons (Fsp3) is 0.389. The third-order valence-electron chi connectivity index (χ3n) is 3.90. The van der Waals surface area contributed by atoms with Crippen molar-refractivity contribution in [2.45, 2.75) is 30.4 Å². The van der Waals surface area contributed by atoms with Gasteiger partial charge in [0, 0.05) is 22.9 Å². The number of thioether (sulfide) groups is 1. The highest BCUT2D eigenvalue weighted by molar-refractivity contribution is 8.00. The SMILES string of the molecule is O=C(CSc1ccc(F)cc1)N(Cc1cccs1)C[C@@H]1CCCO1. The summed E-state index contributed by atoms with van der Waals surface area (Å²) >= 11 is 3.10. The van der Waals surface area contributed by atoms with E-state index in [9.17, 15) is 9.18 Å². The number of ether oxygens (including phenoxy) is 1. The molecule has 0 aliphatic carbocycles. The molecule has 6 heteroatoms. The summed E-state index contributed by atoms with van der Waals surface area (Å²) in [6.45, 7) is 2.05. The zero-order chi connectivity index (χ0) is 16.8. The van der Waals surface area contributed by atoms with Crippen LogP contribution < -0.4 is 0 Å². The molecular formula is C18H20FNO2S2. The predicted molar refractivity (Wildman–Crippen MR) is 95.8 cm³/mol. The third-order valence-corrected chi connectivity index (χ3v) is 5.76. The molecule has 3 rings (SSSR count). The number of benzene rings is 1. The fourth-order valence-electron chi connectivity index (χ4n) is 2.65. The number of halogens is 1. The van der Waals surface area contributed by atoms with Gasteiger partial charge < -0.3 is 9.64 Å². The Morgan fingerprint density at radius 1 is 1.33 bits per heavy atom. The van der Waals surface area contributed by atoms with Crippen molar-refractivity contribution in [3.05, 3.63) is 52.5 Å². The number of rotatable bonds is 7. The lowest BCUT2D eigenvalue weighted by Crippen LogP contribution is -2.37. The summed E-state index contributed by atoms with van der Waals surface area (Å²) in [7, 11) is 0. The monoisotopic (exact) mass is 365 g/mol. The number of nitrogens with zero attached hydrogens (tertiary/aromatic N) is 1. The maximum absolute atomic E-state index is 13.0. The van der Waals surface area contributed by atoms with E-state index in [1.54, 1.807) is 23.5 Å². The fourth-order valence-corrected chi connectivity index (χ4v) is 4.17. The van der Waals surface area contributed by atoms with Crippen LogP contribution in [0.2, 0.25) is 0 Å². The zero-order valence-corrected chi connectivity index (χ0v) is 15.0. The molecule has 2 heterocycles. The van der Waals surface area contributed by atoms with E-state index >= 15 is 0 Å². The molecule has 0 unspecified atom stereocenters. The molecule has 24 heavy (non-hydrogen) atoms. The zero-order valence-electron chi connectivity index (χ0n) is 13.3. The molecule has 1 amide bonds. The van der Waals surface area contributed by atoms with Gasteiger partial charge in [0.1, 0.15) is 5.82 Å². The van der Waals surface area contributed by atoms with Gasteiger partial charge in [-0.3, -0.25) is 4.79 Å². The molecule has 1 aliphatic heterocycles. The molecule has 0 bridgehead atoms. The van der Waals surface area contributed by atoms with Crippen molar-refractivity contribution in [1.29, 1.82) is 0 Å². The Morgan fingerprint density at radius 3 is 2.83 bits per heavy atom. The van der Waals surface area contributed by atoms with Gasteiger partial charge in [0.05, 0.1) is 18.4 Å². The largest absolute Gasteiger partial charge is 0.376 e. The average molecular weight is 365 g/mol. The molecule has 0 radical (unpaired) electrons. The number of hydrogen-bond donors (Lipinski definition) is 0. The first-order valence-corrected chi connectivity index (χ1v) is 9.87. The average Bonchev–Trinajstić information content (AvgIpc) is 3.27. The van der Waals surface area contributed by atoms with Crippen molar-refractivity contribution in [3.63, 3.8) is 0 Å². The lowest BCUT2D eigenvalue weighted by Gasteiger charge is -2.25. The van der Waals surface area contributed by atoms with Gasteiger partial charge in [0.15, 0.2) is 0 Å². The van der Waals surface area contributed by atoms with Crippen LogP contribution >= 0.6 is 23.1 Å². The molecule has 1 aromatic carbocycles. The van der Waals surface area contributed by atoms with Gasteiger partial charge in [-0.2, -0.15) is 0 Å². The van der Waals surface area contributed by atoms with E-state index in [0.717, 1.165) is 24.3 Å². The number of carbonyl (C=O) groups is 1. The standard InChI is InChI=1S/C18H20FNO2S2/c19-14-5-7-16(8-6-14)24-13-18(21)20(11-15-3-1-9-22-15)12-17-4-2-10-23-17/h2,4-8,10,15H,1,3,9,11-13H2/t15-/m0/s1. The van der Waals surface area contributed by atoms with E-state index < -0.39 is 0 Å². The molecular weight excluding hydrogens is 345 g/mol. The minimum Gasteiger partial charge on any atom is -0.376 e. The lowest BCUT2D eigenvalue weighted by atomic mass is 10.2. The first-order valence-electron chi connectivity index (χ1n) is 8.01. The van der Waals surface area contributed by atoms with Crippen molar-refractivity contribution in [2.75, 3.05) is 18.9 Å². The molecule has 1 atom stereocenters. The molecule has 0 N–H and O–H groups in total. The predicted octanol–water partition coefficient (Wildman–Crippen LogP) is 4.19. The molecule has 128 valence electrons. The molecule has 0 saturated carbocycles. The van der Waals surface area contributed by atoms with Gasteiger partial charge in [0.25, 0.3) is 0 Å². The smallest absolute Gasteiger partial charge is 0.233 e. The van der Waals surface area contributed by atoms with E-state index in [1.807, 2.05) is 22.4 Å².